The Morgan fingerprint density at radius 3 is 1.78 bits per heavy atom. The molecule has 0 saturated heterocycles. The van der Waals surface area contributed by atoms with E-state index in [4.69, 9.17) is 0 Å². The van der Waals surface area contributed by atoms with Crippen molar-refractivity contribution in [1.29, 1.82) is 0 Å². The van der Waals surface area contributed by atoms with Gasteiger partial charge in [-0.2, -0.15) is 5.10 Å². The van der Waals surface area contributed by atoms with E-state index in [0.717, 1.165) is 22.2 Å². The second-order valence-corrected chi connectivity index (χ2v) is 6.65. The number of nitrogens with one attached hydrogen (secondary N) is 1. The smallest absolute Gasteiger partial charge is 0.0999 e. The van der Waals surface area contributed by atoms with Crippen molar-refractivity contribution in [2.45, 2.75) is 0 Å². The second-order valence-electron chi connectivity index (χ2n) is 6.65. The standard InChI is InChI=1S/C25H18N2/c1-3-8-18(9-4-1)20-12-7-13-22(16-20)25-23-17-21(14-15-24(23)26-27-25)19-10-5-2-6-11-19/h1-17H,(H,26,27). The number of aromatic nitrogens is 2. The highest BCUT2D eigenvalue weighted by molar-refractivity contribution is 5.96. The summed E-state index contributed by atoms with van der Waals surface area (Å²) in [6.45, 7) is 0. The van der Waals surface area contributed by atoms with E-state index in [1.807, 2.05) is 12.1 Å². The number of nitrogens with zero attached hydrogens (tertiary/aromatic N) is 1. The van der Waals surface area contributed by atoms with E-state index >= 15 is 0 Å². The number of hydrogen-bond acceptors (Lipinski definition) is 1. The fourth-order valence-corrected chi connectivity index (χ4v) is 3.52. The minimum atomic E-state index is 0.987. The molecular formula is C25H18N2. The van der Waals surface area contributed by atoms with Crippen LogP contribution < -0.4 is 0 Å². The molecule has 4 aromatic carbocycles. The zero-order valence-corrected chi connectivity index (χ0v) is 14.8. The summed E-state index contributed by atoms with van der Waals surface area (Å²) in [6, 6.07) is 35.9. The number of fused-ring (bicyclic) bond motifs is 1. The highest BCUT2D eigenvalue weighted by Crippen LogP contribution is 2.32. The molecule has 5 aromatic rings. The van der Waals surface area contributed by atoms with E-state index < -0.39 is 0 Å². The maximum atomic E-state index is 4.61. The molecule has 1 aromatic heterocycles. The molecule has 5 rings (SSSR count). The minimum absolute atomic E-state index is 0.987. The fourth-order valence-electron chi connectivity index (χ4n) is 3.52. The molecule has 0 fully saturated rings. The van der Waals surface area contributed by atoms with Crippen LogP contribution >= 0.6 is 0 Å². The summed E-state index contributed by atoms with van der Waals surface area (Å²) in [5.74, 6) is 0. The molecule has 128 valence electrons. The Hall–Kier alpha value is -3.65. The van der Waals surface area contributed by atoms with Crippen molar-refractivity contribution in [3.05, 3.63) is 103 Å². The Kier molecular flexibility index (Phi) is 3.80. The Balaban J connectivity index is 1.63. The lowest BCUT2D eigenvalue weighted by Gasteiger charge is -2.05. The molecule has 0 unspecified atom stereocenters. The highest BCUT2D eigenvalue weighted by Gasteiger charge is 2.10. The van der Waals surface area contributed by atoms with Crippen LogP contribution in [0.25, 0.3) is 44.4 Å². The van der Waals surface area contributed by atoms with Gasteiger partial charge >= 0.3 is 0 Å². The quantitative estimate of drug-likeness (QED) is 0.393. The molecule has 0 atom stereocenters. The molecule has 0 aliphatic rings. The molecule has 0 aliphatic carbocycles. The first-order chi connectivity index (χ1) is 13.4. The molecule has 0 aliphatic heterocycles. The van der Waals surface area contributed by atoms with Gasteiger partial charge in [-0.3, -0.25) is 5.10 Å². The van der Waals surface area contributed by atoms with E-state index in [-0.39, 0.29) is 0 Å². The largest absolute Gasteiger partial charge is 0.277 e. The Morgan fingerprint density at radius 2 is 1.07 bits per heavy atom. The van der Waals surface area contributed by atoms with Crippen molar-refractivity contribution in [3.8, 4) is 33.5 Å². The number of aromatic amines is 1. The maximum Gasteiger partial charge on any atom is 0.0999 e. The Bertz CT molecular complexity index is 1210. The Labute approximate surface area is 158 Å². The zero-order chi connectivity index (χ0) is 18.1. The van der Waals surface area contributed by atoms with Crippen molar-refractivity contribution in [2.75, 3.05) is 0 Å². The number of hydrogen-bond donors (Lipinski definition) is 1. The molecule has 0 radical (unpaired) electrons. The molecule has 0 spiro atoms. The molecule has 2 heteroatoms. The monoisotopic (exact) mass is 346 g/mol. The van der Waals surface area contributed by atoms with E-state index in [0.29, 0.717) is 0 Å². The van der Waals surface area contributed by atoms with E-state index in [1.54, 1.807) is 0 Å². The van der Waals surface area contributed by atoms with Crippen molar-refractivity contribution in [3.63, 3.8) is 0 Å². The topological polar surface area (TPSA) is 28.7 Å². The predicted octanol–water partition coefficient (Wildman–Crippen LogP) is 6.56. The van der Waals surface area contributed by atoms with Gasteiger partial charge in [0.15, 0.2) is 0 Å². The van der Waals surface area contributed by atoms with Crippen LogP contribution in [0.2, 0.25) is 0 Å². The van der Waals surface area contributed by atoms with Crippen molar-refractivity contribution < 1.29 is 0 Å². The average Bonchev–Trinajstić information content (AvgIpc) is 3.18. The van der Waals surface area contributed by atoms with Gasteiger partial charge in [0.25, 0.3) is 0 Å². The summed E-state index contributed by atoms with van der Waals surface area (Å²) in [4.78, 5) is 0. The third-order valence-corrected chi connectivity index (χ3v) is 4.91. The van der Waals surface area contributed by atoms with Gasteiger partial charge < -0.3 is 0 Å². The van der Waals surface area contributed by atoms with Crippen molar-refractivity contribution in [1.82, 2.24) is 10.2 Å². The third-order valence-electron chi connectivity index (χ3n) is 4.91. The SMILES string of the molecule is c1ccc(-c2cccc(-c3n[nH]c4ccc(-c5ccccc5)cc34)c2)cc1. The number of benzene rings is 4. The van der Waals surface area contributed by atoms with E-state index in [2.05, 4.69) is 101 Å². The average molecular weight is 346 g/mol. The lowest BCUT2D eigenvalue weighted by atomic mass is 9.98. The van der Waals surface area contributed by atoms with Crippen molar-refractivity contribution in [2.24, 2.45) is 0 Å². The molecule has 0 saturated carbocycles. The first-order valence-corrected chi connectivity index (χ1v) is 9.08. The lowest BCUT2D eigenvalue weighted by molar-refractivity contribution is 1.12. The molecule has 0 bridgehead atoms. The van der Waals surface area contributed by atoms with Gasteiger partial charge in [-0.05, 0) is 40.5 Å². The van der Waals surface area contributed by atoms with Crippen LogP contribution in [0.15, 0.2) is 103 Å². The van der Waals surface area contributed by atoms with Crippen LogP contribution in [0.3, 0.4) is 0 Å². The van der Waals surface area contributed by atoms with E-state index in [1.165, 1.54) is 22.3 Å². The molecule has 0 amide bonds. The van der Waals surface area contributed by atoms with Crippen molar-refractivity contribution >= 4 is 10.9 Å². The van der Waals surface area contributed by atoms with Gasteiger partial charge in [-0.15, -0.1) is 0 Å². The summed E-state index contributed by atoms with van der Waals surface area (Å²) >= 11 is 0. The van der Waals surface area contributed by atoms with Gasteiger partial charge in [0.05, 0.1) is 11.2 Å². The van der Waals surface area contributed by atoms with Gasteiger partial charge in [-0.25, -0.2) is 0 Å². The summed E-state index contributed by atoms with van der Waals surface area (Å²) < 4.78 is 0. The first-order valence-electron chi connectivity index (χ1n) is 9.08. The highest BCUT2D eigenvalue weighted by atomic mass is 15.1. The second kappa shape index (κ2) is 6.58. The normalized spacial score (nSPS) is 11.0. The van der Waals surface area contributed by atoms with Gasteiger partial charge in [-0.1, -0.05) is 84.9 Å². The summed E-state index contributed by atoms with van der Waals surface area (Å²) in [5, 5.41) is 8.93. The maximum absolute atomic E-state index is 4.61. The van der Waals surface area contributed by atoms with Crippen LogP contribution in [0.5, 0.6) is 0 Å². The van der Waals surface area contributed by atoms with Crippen LogP contribution in [-0.4, -0.2) is 10.2 Å². The molecule has 1 N–H and O–H groups in total. The van der Waals surface area contributed by atoms with Crippen LogP contribution in [-0.2, 0) is 0 Å². The summed E-state index contributed by atoms with van der Waals surface area (Å²) in [5.41, 5.74) is 7.98. The van der Waals surface area contributed by atoms with Gasteiger partial charge in [0.1, 0.15) is 0 Å². The Morgan fingerprint density at radius 1 is 0.481 bits per heavy atom. The van der Waals surface area contributed by atoms with E-state index in [9.17, 15) is 0 Å². The third kappa shape index (κ3) is 2.91. The predicted molar refractivity (Wildman–Crippen MR) is 112 cm³/mol. The number of H-pyrrole nitrogens is 1. The first kappa shape index (κ1) is 15.6. The molecule has 2 nitrogen and oxygen atoms in total. The van der Waals surface area contributed by atoms with Gasteiger partial charge in [0.2, 0.25) is 0 Å². The number of rotatable bonds is 3. The minimum Gasteiger partial charge on any atom is -0.277 e. The molecule has 1 heterocycles. The molecule has 27 heavy (non-hydrogen) atoms. The van der Waals surface area contributed by atoms with Crippen LogP contribution in [0.1, 0.15) is 0 Å². The fraction of sp³-hybridized carbons (Fsp3) is 0. The van der Waals surface area contributed by atoms with Crippen LogP contribution in [0, 0.1) is 0 Å². The zero-order valence-electron chi connectivity index (χ0n) is 14.8. The lowest BCUT2D eigenvalue weighted by Crippen LogP contribution is -1.83. The molecular weight excluding hydrogens is 328 g/mol. The van der Waals surface area contributed by atoms with Gasteiger partial charge in [0, 0.05) is 10.9 Å². The van der Waals surface area contributed by atoms with Crippen LogP contribution in [0.4, 0.5) is 0 Å². The summed E-state index contributed by atoms with van der Waals surface area (Å²) in [7, 11) is 0. The summed E-state index contributed by atoms with van der Waals surface area (Å²) in [6.07, 6.45) is 0.